The Hall–Kier alpha value is -0.940. The fraction of sp³-hybridized carbons (Fsp3) is 0.562. The van der Waals surface area contributed by atoms with Crippen LogP contribution in [0.5, 0.6) is 0 Å². The SMILES string of the molecule is CCCC1(C(=O)O)CCN(C(C)c2ccc(F)cc2Br)C1. The van der Waals surface area contributed by atoms with Crippen molar-refractivity contribution in [3.05, 3.63) is 34.1 Å². The molecule has 0 saturated carbocycles. The molecule has 1 aromatic rings. The first-order chi connectivity index (χ1) is 9.89. The molecule has 5 heteroatoms. The molecule has 1 aliphatic heterocycles. The maximum absolute atomic E-state index is 13.2. The summed E-state index contributed by atoms with van der Waals surface area (Å²) in [6.07, 6.45) is 2.25. The normalized spacial score (nSPS) is 24.2. The summed E-state index contributed by atoms with van der Waals surface area (Å²) >= 11 is 3.40. The van der Waals surface area contributed by atoms with Gasteiger partial charge in [-0.25, -0.2) is 4.39 Å². The van der Waals surface area contributed by atoms with Crippen LogP contribution in [0.2, 0.25) is 0 Å². The molecule has 1 fully saturated rings. The van der Waals surface area contributed by atoms with Crippen LogP contribution in [0.4, 0.5) is 4.39 Å². The summed E-state index contributed by atoms with van der Waals surface area (Å²) in [5.74, 6) is -0.970. The van der Waals surface area contributed by atoms with Gasteiger partial charge in [-0.1, -0.05) is 35.3 Å². The molecule has 0 radical (unpaired) electrons. The summed E-state index contributed by atoms with van der Waals surface area (Å²) < 4.78 is 13.9. The number of hydrogen-bond donors (Lipinski definition) is 1. The Morgan fingerprint density at radius 1 is 1.57 bits per heavy atom. The van der Waals surface area contributed by atoms with E-state index in [2.05, 4.69) is 20.8 Å². The monoisotopic (exact) mass is 357 g/mol. The topological polar surface area (TPSA) is 40.5 Å². The number of carbonyl (C=O) groups is 1. The van der Waals surface area contributed by atoms with Gasteiger partial charge in [-0.15, -0.1) is 0 Å². The molecule has 0 aliphatic carbocycles. The van der Waals surface area contributed by atoms with Crippen LogP contribution < -0.4 is 0 Å². The average Bonchev–Trinajstić information content (AvgIpc) is 2.84. The minimum absolute atomic E-state index is 0.0676. The lowest BCUT2D eigenvalue weighted by Crippen LogP contribution is -2.35. The van der Waals surface area contributed by atoms with Gasteiger partial charge in [0.05, 0.1) is 5.41 Å². The van der Waals surface area contributed by atoms with E-state index < -0.39 is 11.4 Å². The van der Waals surface area contributed by atoms with Gasteiger partial charge in [-0.05, 0) is 44.0 Å². The number of rotatable bonds is 5. The molecule has 2 unspecified atom stereocenters. The maximum Gasteiger partial charge on any atom is 0.310 e. The fourth-order valence-corrected chi connectivity index (χ4v) is 3.92. The van der Waals surface area contributed by atoms with E-state index in [0.717, 1.165) is 23.0 Å². The Morgan fingerprint density at radius 2 is 2.29 bits per heavy atom. The number of carboxylic acids is 1. The molecule has 1 aliphatic rings. The van der Waals surface area contributed by atoms with Crippen molar-refractivity contribution in [2.75, 3.05) is 13.1 Å². The zero-order chi connectivity index (χ0) is 15.6. The van der Waals surface area contributed by atoms with Crippen molar-refractivity contribution >= 4 is 21.9 Å². The molecule has 0 amide bonds. The van der Waals surface area contributed by atoms with Gasteiger partial charge in [0.25, 0.3) is 0 Å². The summed E-state index contributed by atoms with van der Waals surface area (Å²) in [6.45, 7) is 5.38. The highest BCUT2D eigenvalue weighted by molar-refractivity contribution is 9.10. The zero-order valence-corrected chi connectivity index (χ0v) is 14.0. The second-order valence-electron chi connectivity index (χ2n) is 5.90. The van der Waals surface area contributed by atoms with Crippen molar-refractivity contribution in [1.82, 2.24) is 4.90 Å². The average molecular weight is 358 g/mol. The van der Waals surface area contributed by atoms with E-state index in [9.17, 15) is 14.3 Å². The second-order valence-corrected chi connectivity index (χ2v) is 6.75. The van der Waals surface area contributed by atoms with Gasteiger partial charge in [0.1, 0.15) is 5.82 Å². The van der Waals surface area contributed by atoms with Gasteiger partial charge in [-0.3, -0.25) is 9.69 Å². The Balaban J connectivity index is 2.18. The summed E-state index contributed by atoms with van der Waals surface area (Å²) in [5, 5.41) is 9.57. The number of halogens is 2. The Morgan fingerprint density at radius 3 is 2.86 bits per heavy atom. The number of likely N-dealkylation sites (tertiary alicyclic amines) is 1. The van der Waals surface area contributed by atoms with Crippen LogP contribution in [-0.4, -0.2) is 29.1 Å². The Kier molecular flexibility index (Phi) is 5.04. The highest BCUT2D eigenvalue weighted by atomic mass is 79.9. The first-order valence-corrected chi connectivity index (χ1v) is 8.11. The molecule has 0 aromatic heterocycles. The lowest BCUT2D eigenvalue weighted by Gasteiger charge is -2.28. The smallest absolute Gasteiger partial charge is 0.310 e. The van der Waals surface area contributed by atoms with Crippen LogP contribution in [0, 0.1) is 11.2 Å². The third-order valence-corrected chi connectivity index (χ3v) is 5.21. The van der Waals surface area contributed by atoms with Crippen molar-refractivity contribution in [1.29, 1.82) is 0 Å². The first-order valence-electron chi connectivity index (χ1n) is 7.32. The number of carboxylic acid groups (broad SMARTS) is 1. The van der Waals surface area contributed by atoms with Crippen molar-refractivity contribution in [3.63, 3.8) is 0 Å². The zero-order valence-electron chi connectivity index (χ0n) is 12.4. The maximum atomic E-state index is 13.2. The van der Waals surface area contributed by atoms with Gasteiger partial charge in [0.2, 0.25) is 0 Å². The minimum atomic E-state index is -0.697. The van der Waals surface area contributed by atoms with Gasteiger partial charge in [-0.2, -0.15) is 0 Å². The molecule has 3 nitrogen and oxygen atoms in total. The van der Waals surface area contributed by atoms with E-state index in [1.54, 1.807) is 6.07 Å². The third kappa shape index (κ3) is 3.29. The largest absolute Gasteiger partial charge is 0.481 e. The second kappa shape index (κ2) is 6.44. The summed E-state index contributed by atoms with van der Waals surface area (Å²) in [7, 11) is 0. The lowest BCUT2D eigenvalue weighted by molar-refractivity contribution is -0.148. The van der Waals surface area contributed by atoms with Crippen LogP contribution >= 0.6 is 15.9 Å². The summed E-state index contributed by atoms with van der Waals surface area (Å²) in [5.41, 5.74) is 0.365. The Labute approximate surface area is 133 Å². The molecule has 0 bridgehead atoms. The standard InChI is InChI=1S/C16H21BrFNO2/c1-3-6-16(15(20)21)7-8-19(10-16)11(2)13-5-4-12(18)9-14(13)17/h4-5,9,11H,3,6-8,10H2,1-2H3,(H,20,21). The molecular formula is C16H21BrFNO2. The lowest BCUT2D eigenvalue weighted by atomic mass is 9.82. The minimum Gasteiger partial charge on any atom is -0.481 e. The van der Waals surface area contributed by atoms with Crippen molar-refractivity contribution in [2.45, 2.75) is 39.2 Å². The van der Waals surface area contributed by atoms with E-state index in [-0.39, 0.29) is 11.9 Å². The number of benzene rings is 1. The van der Waals surface area contributed by atoms with Crippen molar-refractivity contribution in [3.8, 4) is 0 Å². The molecule has 2 atom stereocenters. The van der Waals surface area contributed by atoms with Gasteiger partial charge < -0.3 is 5.11 Å². The molecule has 2 rings (SSSR count). The highest BCUT2D eigenvalue weighted by Gasteiger charge is 2.45. The van der Waals surface area contributed by atoms with Gasteiger partial charge in [0, 0.05) is 17.1 Å². The van der Waals surface area contributed by atoms with E-state index >= 15 is 0 Å². The highest BCUT2D eigenvalue weighted by Crippen LogP contribution is 2.40. The molecule has 0 spiro atoms. The van der Waals surface area contributed by atoms with Crippen LogP contribution in [0.3, 0.4) is 0 Å². The first kappa shape index (κ1) is 16.4. The molecular weight excluding hydrogens is 337 g/mol. The predicted octanol–water partition coefficient (Wildman–Crippen LogP) is 4.23. The fourth-order valence-electron chi connectivity index (χ4n) is 3.24. The number of aliphatic carboxylic acids is 1. The van der Waals surface area contributed by atoms with E-state index in [1.165, 1.54) is 12.1 Å². The number of nitrogens with zero attached hydrogens (tertiary/aromatic N) is 1. The molecule has 1 N–H and O–H groups in total. The molecule has 21 heavy (non-hydrogen) atoms. The van der Waals surface area contributed by atoms with Crippen LogP contribution in [0.1, 0.15) is 44.7 Å². The van der Waals surface area contributed by atoms with E-state index in [4.69, 9.17) is 0 Å². The molecule has 116 valence electrons. The van der Waals surface area contributed by atoms with Crippen LogP contribution in [-0.2, 0) is 4.79 Å². The van der Waals surface area contributed by atoms with Gasteiger partial charge >= 0.3 is 5.97 Å². The third-order valence-electron chi connectivity index (χ3n) is 4.53. The van der Waals surface area contributed by atoms with Crippen molar-refractivity contribution < 1.29 is 14.3 Å². The molecule has 1 heterocycles. The van der Waals surface area contributed by atoms with E-state index in [1.807, 2.05) is 13.8 Å². The summed E-state index contributed by atoms with van der Waals surface area (Å²) in [4.78, 5) is 13.8. The van der Waals surface area contributed by atoms with E-state index in [0.29, 0.717) is 19.4 Å². The number of hydrogen-bond acceptors (Lipinski definition) is 2. The Bertz CT molecular complexity index is 537. The predicted molar refractivity (Wildman–Crippen MR) is 83.7 cm³/mol. The molecule has 1 saturated heterocycles. The van der Waals surface area contributed by atoms with Crippen LogP contribution in [0.15, 0.2) is 22.7 Å². The van der Waals surface area contributed by atoms with Crippen LogP contribution in [0.25, 0.3) is 0 Å². The van der Waals surface area contributed by atoms with Crippen molar-refractivity contribution in [2.24, 2.45) is 5.41 Å². The summed E-state index contributed by atoms with van der Waals surface area (Å²) in [6, 6.07) is 4.74. The quantitative estimate of drug-likeness (QED) is 0.857. The molecule has 1 aromatic carbocycles. The van der Waals surface area contributed by atoms with Gasteiger partial charge in [0.15, 0.2) is 0 Å².